The smallest absolute Gasteiger partial charge is 0.193 e. The van der Waals surface area contributed by atoms with E-state index in [9.17, 15) is 0 Å². The van der Waals surface area contributed by atoms with Gasteiger partial charge in [-0.25, -0.2) is 4.68 Å². The number of guanidine groups is 1. The average Bonchev–Trinajstić information content (AvgIpc) is 3.36. The summed E-state index contributed by atoms with van der Waals surface area (Å²) >= 11 is 0. The first-order valence-electron chi connectivity index (χ1n) is 10.5. The van der Waals surface area contributed by atoms with Gasteiger partial charge in [0.2, 0.25) is 0 Å². The van der Waals surface area contributed by atoms with Crippen molar-refractivity contribution in [1.29, 1.82) is 0 Å². The zero-order valence-electron chi connectivity index (χ0n) is 18.2. The Balaban J connectivity index is 0.00000256. The molecular formula is C22H33IN6O. The minimum absolute atomic E-state index is 0. The van der Waals surface area contributed by atoms with Gasteiger partial charge in [0.05, 0.1) is 24.6 Å². The molecule has 1 aromatic carbocycles. The molecule has 0 aliphatic carbocycles. The van der Waals surface area contributed by atoms with Crippen LogP contribution in [0.4, 0.5) is 0 Å². The summed E-state index contributed by atoms with van der Waals surface area (Å²) in [5.74, 6) is 0.979. The highest BCUT2D eigenvalue weighted by Gasteiger charge is 2.30. The van der Waals surface area contributed by atoms with Crippen LogP contribution >= 0.6 is 24.0 Å². The Kier molecular flexibility index (Phi) is 8.13. The molecule has 1 N–H and O–H groups in total. The van der Waals surface area contributed by atoms with Crippen LogP contribution in [0, 0.1) is 13.8 Å². The van der Waals surface area contributed by atoms with E-state index in [1.54, 1.807) is 0 Å². The number of hydrogen-bond donors (Lipinski definition) is 1. The second kappa shape index (κ2) is 10.6. The number of hydrogen-bond acceptors (Lipinski definition) is 4. The van der Waals surface area contributed by atoms with Gasteiger partial charge >= 0.3 is 0 Å². The molecule has 1 aromatic heterocycles. The van der Waals surface area contributed by atoms with E-state index in [2.05, 4.69) is 46.1 Å². The standard InChI is InChI=1S/C22H32N6O.HI/c1-17-21(18(2)28(25-17)19-7-5-4-6-8-19)15-24-22(23-3)27-10-9-20(16-27)26-11-13-29-14-12-26;/h4-8,20H,9-16H2,1-3H3,(H,23,24);1H. The van der Waals surface area contributed by atoms with Gasteiger partial charge in [-0.1, -0.05) is 18.2 Å². The van der Waals surface area contributed by atoms with E-state index in [0.29, 0.717) is 6.04 Å². The third-order valence-electron chi connectivity index (χ3n) is 6.10. The fraction of sp³-hybridized carbons (Fsp3) is 0.545. The zero-order chi connectivity index (χ0) is 20.2. The molecule has 0 bridgehead atoms. The van der Waals surface area contributed by atoms with Crippen molar-refractivity contribution in [3.8, 4) is 5.69 Å². The van der Waals surface area contributed by atoms with Crippen LogP contribution in [0.3, 0.4) is 0 Å². The monoisotopic (exact) mass is 524 g/mol. The van der Waals surface area contributed by atoms with Crippen molar-refractivity contribution in [3.05, 3.63) is 47.3 Å². The summed E-state index contributed by atoms with van der Waals surface area (Å²) in [5.41, 5.74) is 4.56. The SMILES string of the molecule is CN=C(NCc1c(C)nn(-c2ccccc2)c1C)N1CCC(N2CCOCC2)C1.I. The van der Waals surface area contributed by atoms with Crippen molar-refractivity contribution in [1.82, 2.24) is 24.9 Å². The van der Waals surface area contributed by atoms with Gasteiger partial charge in [0.25, 0.3) is 0 Å². The number of benzene rings is 1. The minimum Gasteiger partial charge on any atom is -0.379 e. The Bertz CT molecular complexity index is 847. The third-order valence-corrected chi connectivity index (χ3v) is 6.10. The first-order valence-corrected chi connectivity index (χ1v) is 10.5. The van der Waals surface area contributed by atoms with E-state index in [-0.39, 0.29) is 24.0 Å². The van der Waals surface area contributed by atoms with Crippen molar-refractivity contribution in [3.63, 3.8) is 0 Å². The summed E-state index contributed by atoms with van der Waals surface area (Å²) in [6, 6.07) is 10.9. The molecule has 30 heavy (non-hydrogen) atoms. The number of nitrogens with one attached hydrogen (secondary N) is 1. The molecule has 2 fully saturated rings. The zero-order valence-corrected chi connectivity index (χ0v) is 20.5. The van der Waals surface area contributed by atoms with Gasteiger partial charge in [-0.05, 0) is 32.4 Å². The molecule has 2 aliphatic rings. The van der Waals surface area contributed by atoms with Crippen LogP contribution in [-0.4, -0.2) is 78.0 Å². The van der Waals surface area contributed by atoms with Crippen molar-refractivity contribution < 1.29 is 4.74 Å². The first-order chi connectivity index (χ1) is 14.2. The van der Waals surface area contributed by atoms with Crippen LogP contribution in [0.2, 0.25) is 0 Å². The predicted octanol–water partition coefficient (Wildman–Crippen LogP) is 2.59. The number of morpholine rings is 1. The molecule has 2 saturated heterocycles. The molecule has 0 amide bonds. The van der Waals surface area contributed by atoms with Crippen LogP contribution in [-0.2, 0) is 11.3 Å². The van der Waals surface area contributed by atoms with Gasteiger partial charge in [-0.3, -0.25) is 9.89 Å². The molecule has 3 heterocycles. The van der Waals surface area contributed by atoms with Crippen molar-refractivity contribution >= 4 is 29.9 Å². The maximum atomic E-state index is 5.50. The van der Waals surface area contributed by atoms with Crippen molar-refractivity contribution in [2.75, 3.05) is 46.4 Å². The summed E-state index contributed by atoms with van der Waals surface area (Å²) in [7, 11) is 1.87. The van der Waals surface area contributed by atoms with Crippen molar-refractivity contribution in [2.45, 2.75) is 32.9 Å². The van der Waals surface area contributed by atoms with Crippen LogP contribution in [0.25, 0.3) is 5.69 Å². The lowest BCUT2D eigenvalue weighted by Gasteiger charge is -2.32. The largest absolute Gasteiger partial charge is 0.379 e. The van der Waals surface area contributed by atoms with E-state index < -0.39 is 0 Å². The number of ether oxygens (including phenoxy) is 1. The molecule has 8 heteroatoms. The fourth-order valence-electron chi connectivity index (χ4n) is 4.43. The number of aromatic nitrogens is 2. The van der Waals surface area contributed by atoms with Crippen LogP contribution in [0.5, 0.6) is 0 Å². The Morgan fingerprint density at radius 3 is 2.60 bits per heavy atom. The molecule has 2 aliphatic heterocycles. The second-order valence-electron chi connectivity index (χ2n) is 7.83. The van der Waals surface area contributed by atoms with Crippen molar-refractivity contribution in [2.24, 2.45) is 4.99 Å². The molecule has 0 saturated carbocycles. The van der Waals surface area contributed by atoms with E-state index >= 15 is 0 Å². The Morgan fingerprint density at radius 1 is 1.17 bits per heavy atom. The van der Waals surface area contributed by atoms with E-state index in [0.717, 1.165) is 63.3 Å². The summed E-state index contributed by atoms with van der Waals surface area (Å²) in [4.78, 5) is 9.50. The molecule has 0 spiro atoms. The first kappa shape index (κ1) is 23.0. The highest BCUT2D eigenvalue weighted by molar-refractivity contribution is 14.0. The maximum Gasteiger partial charge on any atom is 0.193 e. The number of halogens is 1. The summed E-state index contributed by atoms with van der Waals surface area (Å²) in [5, 5.41) is 8.34. The number of aryl methyl sites for hydroxylation is 1. The number of para-hydroxylation sites is 1. The number of aliphatic imine (C=N–C) groups is 1. The molecule has 164 valence electrons. The van der Waals surface area contributed by atoms with Crippen LogP contribution < -0.4 is 5.32 Å². The molecule has 2 aromatic rings. The third kappa shape index (κ3) is 4.97. The highest BCUT2D eigenvalue weighted by Crippen LogP contribution is 2.19. The normalized spacial score (nSPS) is 20.3. The number of rotatable bonds is 4. The van der Waals surface area contributed by atoms with Gasteiger partial charge in [-0.15, -0.1) is 24.0 Å². The summed E-state index contributed by atoms with van der Waals surface area (Å²) < 4.78 is 7.53. The van der Waals surface area contributed by atoms with E-state index in [1.165, 1.54) is 17.7 Å². The maximum absolute atomic E-state index is 5.50. The lowest BCUT2D eigenvalue weighted by Crippen LogP contribution is -2.46. The highest BCUT2D eigenvalue weighted by atomic mass is 127. The van der Waals surface area contributed by atoms with E-state index in [4.69, 9.17) is 9.84 Å². The van der Waals surface area contributed by atoms with Gasteiger partial charge < -0.3 is 15.0 Å². The fourth-order valence-corrected chi connectivity index (χ4v) is 4.43. The van der Waals surface area contributed by atoms with Gasteiger partial charge in [0, 0.05) is 57.1 Å². The summed E-state index contributed by atoms with van der Waals surface area (Å²) in [6.45, 7) is 10.8. The molecule has 0 radical (unpaired) electrons. The Morgan fingerprint density at radius 2 is 1.90 bits per heavy atom. The number of nitrogens with zero attached hydrogens (tertiary/aromatic N) is 5. The Hall–Kier alpha value is -1.65. The quantitative estimate of drug-likeness (QED) is 0.379. The van der Waals surface area contributed by atoms with Gasteiger partial charge in [0.15, 0.2) is 5.96 Å². The molecule has 4 rings (SSSR count). The number of likely N-dealkylation sites (tertiary alicyclic amines) is 1. The topological polar surface area (TPSA) is 57.9 Å². The van der Waals surface area contributed by atoms with Crippen LogP contribution in [0.15, 0.2) is 35.3 Å². The van der Waals surface area contributed by atoms with Crippen LogP contribution in [0.1, 0.15) is 23.4 Å². The molecular weight excluding hydrogens is 491 g/mol. The lowest BCUT2D eigenvalue weighted by atomic mass is 10.2. The van der Waals surface area contributed by atoms with E-state index in [1.807, 2.05) is 29.9 Å². The van der Waals surface area contributed by atoms with Gasteiger partial charge in [-0.2, -0.15) is 5.10 Å². The molecule has 1 atom stereocenters. The average molecular weight is 524 g/mol. The Labute approximate surface area is 196 Å². The lowest BCUT2D eigenvalue weighted by molar-refractivity contribution is 0.0195. The summed E-state index contributed by atoms with van der Waals surface area (Å²) in [6.07, 6.45) is 1.19. The minimum atomic E-state index is 0. The predicted molar refractivity (Wildman–Crippen MR) is 131 cm³/mol. The molecule has 1 unspecified atom stereocenters. The van der Waals surface area contributed by atoms with Gasteiger partial charge in [0.1, 0.15) is 0 Å². The second-order valence-corrected chi connectivity index (χ2v) is 7.83. The molecule has 7 nitrogen and oxygen atoms in total.